The zero-order valence-electron chi connectivity index (χ0n) is 9.69. The number of hydrogen-bond acceptors (Lipinski definition) is 3. The van der Waals surface area contributed by atoms with E-state index in [-0.39, 0.29) is 6.42 Å². The lowest BCUT2D eigenvalue weighted by atomic mass is 10.1. The number of hydrogen-bond donors (Lipinski definition) is 1. The second-order valence-corrected chi connectivity index (χ2v) is 5.94. The van der Waals surface area contributed by atoms with Crippen molar-refractivity contribution in [2.45, 2.75) is 32.1 Å². The third kappa shape index (κ3) is 6.23. The molecule has 1 aliphatic heterocycles. The topological polar surface area (TPSA) is 57.6 Å². The maximum atomic E-state index is 11.6. The fourth-order valence-electron chi connectivity index (χ4n) is 1.90. The molecule has 1 atom stereocenters. The van der Waals surface area contributed by atoms with E-state index in [1.165, 1.54) is 19.3 Å². The zero-order chi connectivity index (χ0) is 11.8. The molecule has 1 aliphatic rings. The standard InChI is InChI=1S/C11H21NO3S/c13-11(14)5-4-9-16(15)10-8-12-6-2-1-3-7-12/h1-10H2,(H,13,14). The minimum Gasteiger partial charge on any atom is -0.481 e. The van der Waals surface area contributed by atoms with E-state index < -0.39 is 16.8 Å². The molecule has 0 aromatic rings. The zero-order valence-corrected chi connectivity index (χ0v) is 10.5. The van der Waals surface area contributed by atoms with Gasteiger partial charge in [-0.05, 0) is 32.4 Å². The summed E-state index contributed by atoms with van der Waals surface area (Å²) in [6.45, 7) is 3.17. The third-order valence-electron chi connectivity index (χ3n) is 2.85. The highest BCUT2D eigenvalue weighted by atomic mass is 32.2. The lowest BCUT2D eigenvalue weighted by Gasteiger charge is -2.25. The van der Waals surface area contributed by atoms with Crippen LogP contribution in [0.4, 0.5) is 0 Å². The Bertz CT molecular complexity index is 239. The third-order valence-corrected chi connectivity index (χ3v) is 4.23. The Morgan fingerprint density at radius 3 is 2.50 bits per heavy atom. The first-order valence-corrected chi connectivity index (χ1v) is 7.46. The Hall–Kier alpha value is -0.420. The van der Waals surface area contributed by atoms with Crippen molar-refractivity contribution in [3.8, 4) is 0 Å². The number of likely N-dealkylation sites (tertiary alicyclic amines) is 1. The molecule has 0 aromatic heterocycles. The summed E-state index contributed by atoms with van der Waals surface area (Å²) in [6.07, 6.45) is 4.49. The minimum absolute atomic E-state index is 0.134. The number of aliphatic carboxylic acids is 1. The van der Waals surface area contributed by atoms with Crippen molar-refractivity contribution in [1.82, 2.24) is 4.90 Å². The first-order valence-electron chi connectivity index (χ1n) is 5.97. The van der Waals surface area contributed by atoms with Crippen LogP contribution in [0, 0.1) is 0 Å². The number of carboxylic acid groups (broad SMARTS) is 1. The van der Waals surface area contributed by atoms with Crippen molar-refractivity contribution in [3.63, 3.8) is 0 Å². The first kappa shape index (κ1) is 13.6. The van der Waals surface area contributed by atoms with Crippen molar-refractivity contribution >= 4 is 16.8 Å². The molecular weight excluding hydrogens is 226 g/mol. The van der Waals surface area contributed by atoms with Gasteiger partial charge in [-0.1, -0.05) is 6.42 Å². The van der Waals surface area contributed by atoms with Crippen molar-refractivity contribution < 1.29 is 14.1 Å². The molecule has 94 valence electrons. The van der Waals surface area contributed by atoms with Crippen LogP contribution in [0.1, 0.15) is 32.1 Å². The summed E-state index contributed by atoms with van der Waals surface area (Å²) < 4.78 is 11.6. The van der Waals surface area contributed by atoms with Crippen LogP contribution in [0.15, 0.2) is 0 Å². The molecule has 16 heavy (non-hydrogen) atoms. The molecule has 0 bridgehead atoms. The van der Waals surface area contributed by atoms with Gasteiger partial charge in [-0.2, -0.15) is 0 Å². The molecule has 1 heterocycles. The van der Waals surface area contributed by atoms with E-state index in [0.29, 0.717) is 17.9 Å². The fraction of sp³-hybridized carbons (Fsp3) is 0.909. The maximum absolute atomic E-state index is 11.6. The Labute approximate surface area is 99.5 Å². The molecule has 0 saturated carbocycles. The van der Waals surface area contributed by atoms with Crippen LogP contribution in [-0.2, 0) is 15.6 Å². The van der Waals surface area contributed by atoms with Crippen molar-refractivity contribution in [2.24, 2.45) is 0 Å². The number of carbonyl (C=O) groups is 1. The lowest BCUT2D eigenvalue weighted by Crippen LogP contribution is -2.33. The smallest absolute Gasteiger partial charge is 0.303 e. The molecule has 0 amide bonds. The van der Waals surface area contributed by atoms with Gasteiger partial charge in [-0.15, -0.1) is 0 Å². The van der Waals surface area contributed by atoms with Gasteiger partial charge in [0.1, 0.15) is 0 Å². The van der Waals surface area contributed by atoms with Crippen molar-refractivity contribution in [2.75, 3.05) is 31.1 Å². The van der Waals surface area contributed by atoms with Crippen LogP contribution in [0.2, 0.25) is 0 Å². The second kappa shape index (κ2) is 7.79. The van der Waals surface area contributed by atoms with E-state index in [0.717, 1.165) is 19.6 Å². The highest BCUT2D eigenvalue weighted by Gasteiger charge is 2.11. The van der Waals surface area contributed by atoms with Crippen LogP contribution in [0.3, 0.4) is 0 Å². The van der Waals surface area contributed by atoms with Crippen LogP contribution in [0.5, 0.6) is 0 Å². The summed E-state index contributed by atoms with van der Waals surface area (Å²) in [4.78, 5) is 12.6. The Morgan fingerprint density at radius 1 is 1.19 bits per heavy atom. The van der Waals surface area contributed by atoms with E-state index in [9.17, 15) is 9.00 Å². The van der Waals surface area contributed by atoms with E-state index in [1.54, 1.807) is 0 Å². The van der Waals surface area contributed by atoms with Crippen LogP contribution >= 0.6 is 0 Å². The summed E-state index contributed by atoms with van der Waals surface area (Å²) >= 11 is 0. The van der Waals surface area contributed by atoms with E-state index in [1.807, 2.05) is 0 Å². The second-order valence-electron chi connectivity index (χ2n) is 4.25. The van der Waals surface area contributed by atoms with Gasteiger partial charge in [0.2, 0.25) is 0 Å². The molecule has 1 unspecified atom stereocenters. The average molecular weight is 247 g/mol. The van der Waals surface area contributed by atoms with Gasteiger partial charge in [-0.3, -0.25) is 9.00 Å². The Kier molecular flexibility index (Phi) is 6.64. The van der Waals surface area contributed by atoms with E-state index in [2.05, 4.69) is 4.90 Å². The molecule has 4 nitrogen and oxygen atoms in total. The van der Waals surface area contributed by atoms with E-state index >= 15 is 0 Å². The summed E-state index contributed by atoms with van der Waals surface area (Å²) in [6, 6.07) is 0. The summed E-state index contributed by atoms with van der Waals surface area (Å²) in [7, 11) is -0.843. The SMILES string of the molecule is O=C(O)CCCS(=O)CCN1CCCCC1. The Morgan fingerprint density at radius 2 is 1.88 bits per heavy atom. The highest BCUT2D eigenvalue weighted by Crippen LogP contribution is 2.08. The average Bonchev–Trinajstić information content (AvgIpc) is 2.27. The normalized spacial score (nSPS) is 19.5. The largest absolute Gasteiger partial charge is 0.481 e. The molecule has 1 rings (SSSR count). The number of nitrogens with zero attached hydrogens (tertiary/aromatic N) is 1. The molecule has 0 radical (unpaired) electrons. The van der Waals surface area contributed by atoms with Gasteiger partial charge in [0.05, 0.1) is 0 Å². The lowest BCUT2D eigenvalue weighted by molar-refractivity contribution is -0.137. The van der Waals surface area contributed by atoms with Gasteiger partial charge in [0.25, 0.3) is 0 Å². The van der Waals surface area contributed by atoms with Crippen LogP contribution in [-0.4, -0.2) is 51.3 Å². The number of rotatable bonds is 7. The molecular formula is C11H21NO3S. The monoisotopic (exact) mass is 247 g/mol. The quantitative estimate of drug-likeness (QED) is 0.731. The van der Waals surface area contributed by atoms with Gasteiger partial charge >= 0.3 is 5.97 Å². The predicted octanol–water partition coefficient (Wildman–Crippen LogP) is 1.09. The molecule has 1 saturated heterocycles. The predicted molar refractivity (Wildman–Crippen MR) is 65.0 cm³/mol. The fourth-order valence-corrected chi connectivity index (χ4v) is 3.03. The van der Waals surface area contributed by atoms with E-state index in [4.69, 9.17) is 5.11 Å². The van der Waals surface area contributed by atoms with Crippen LogP contribution < -0.4 is 0 Å². The Balaban J connectivity index is 2.02. The molecule has 1 fully saturated rings. The highest BCUT2D eigenvalue weighted by molar-refractivity contribution is 7.84. The molecule has 0 aromatic carbocycles. The summed E-state index contributed by atoms with van der Waals surface area (Å²) in [5.41, 5.74) is 0. The van der Waals surface area contributed by atoms with Gasteiger partial charge < -0.3 is 10.0 Å². The summed E-state index contributed by atoms with van der Waals surface area (Å²) in [5.74, 6) is 0.424. The summed E-state index contributed by atoms with van der Waals surface area (Å²) in [5, 5.41) is 8.45. The molecule has 5 heteroatoms. The number of carboxylic acids is 1. The van der Waals surface area contributed by atoms with Crippen LogP contribution in [0.25, 0.3) is 0 Å². The van der Waals surface area contributed by atoms with Gasteiger partial charge in [-0.25, -0.2) is 0 Å². The minimum atomic E-state index is -0.843. The molecule has 0 spiro atoms. The maximum Gasteiger partial charge on any atom is 0.303 e. The van der Waals surface area contributed by atoms with Gasteiger partial charge in [0, 0.05) is 35.3 Å². The number of piperidine rings is 1. The van der Waals surface area contributed by atoms with Gasteiger partial charge in [0.15, 0.2) is 0 Å². The molecule has 1 N–H and O–H groups in total. The first-order chi connectivity index (χ1) is 7.68. The van der Waals surface area contributed by atoms with Crippen molar-refractivity contribution in [3.05, 3.63) is 0 Å². The molecule has 0 aliphatic carbocycles. The van der Waals surface area contributed by atoms with Crippen molar-refractivity contribution in [1.29, 1.82) is 0 Å².